The smallest absolute Gasteiger partial charge is 0.213 e. The molecule has 0 atom stereocenters. The summed E-state index contributed by atoms with van der Waals surface area (Å²) in [4.78, 5) is 7.98. The maximum Gasteiger partial charge on any atom is 0.213 e. The Hall–Kier alpha value is -2.03. The van der Waals surface area contributed by atoms with Gasteiger partial charge in [0.15, 0.2) is 0 Å². The molecule has 3 heteroatoms. The van der Waals surface area contributed by atoms with Crippen LogP contribution in [0.5, 0.6) is 0 Å². The summed E-state index contributed by atoms with van der Waals surface area (Å²) in [6, 6.07) is 11.2. The molecule has 1 aliphatic rings. The summed E-state index contributed by atoms with van der Waals surface area (Å²) in [5.41, 5.74) is 3.93. The van der Waals surface area contributed by atoms with Gasteiger partial charge >= 0.3 is 0 Å². The lowest BCUT2D eigenvalue weighted by Crippen LogP contribution is -2.01. The second-order valence-electron chi connectivity index (χ2n) is 3.69. The summed E-state index contributed by atoms with van der Waals surface area (Å²) < 4.78 is 13.0. The molecule has 0 fully saturated rings. The third-order valence-corrected chi connectivity index (χ3v) is 2.68. The third-order valence-electron chi connectivity index (χ3n) is 2.68. The van der Waals surface area contributed by atoms with E-state index in [1.807, 2.05) is 24.3 Å². The van der Waals surface area contributed by atoms with E-state index in [-0.39, 0.29) is 0 Å². The van der Waals surface area contributed by atoms with E-state index in [4.69, 9.17) is 0 Å². The minimum Gasteiger partial charge on any atom is -0.279 e. The zero-order chi connectivity index (χ0) is 11.0. The van der Waals surface area contributed by atoms with Crippen molar-refractivity contribution in [2.24, 2.45) is 4.99 Å². The molecule has 0 aliphatic carbocycles. The van der Waals surface area contributed by atoms with Crippen molar-refractivity contribution in [3.63, 3.8) is 0 Å². The highest BCUT2D eigenvalue weighted by Gasteiger charge is 2.16. The van der Waals surface area contributed by atoms with Gasteiger partial charge in [0.05, 0.1) is 12.3 Å². The van der Waals surface area contributed by atoms with Crippen LogP contribution in [0.4, 0.5) is 4.39 Å². The van der Waals surface area contributed by atoms with Gasteiger partial charge in [-0.1, -0.05) is 24.3 Å². The molecular formula is C13H9FN2. The molecule has 16 heavy (non-hydrogen) atoms. The molecule has 3 rings (SSSR count). The van der Waals surface area contributed by atoms with Gasteiger partial charge in [0.2, 0.25) is 5.95 Å². The summed E-state index contributed by atoms with van der Waals surface area (Å²) >= 11 is 0. The first kappa shape index (κ1) is 9.21. The largest absolute Gasteiger partial charge is 0.279 e. The first-order valence-corrected chi connectivity index (χ1v) is 5.09. The van der Waals surface area contributed by atoms with E-state index < -0.39 is 5.95 Å². The van der Waals surface area contributed by atoms with Gasteiger partial charge in [0.25, 0.3) is 0 Å². The molecule has 0 unspecified atom stereocenters. The minimum atomic E-state index is -0.468. The Balaban J connectivity index is 2.11. The maximum absolute atomic E-state index is 13.0. The lowest BCUT2D eigenvalue weighted by Gasteiger charge is -2.03. The number of benzene rings is 1. The number of pyridine rings is 1. The number of hydrogen-bond acceptors (Lipinski definition) is 2. The molecule has 0 spiro atoms. The van der Waals surface area contributed by atoms with Crippen molar-refractivity contribution in [2.75, 3.05) is 0 Å². The van der Waals surface area contributed by atoms with Crippen molar-refractivity contribution in [2.45, 2.75) is 6.54 Å². The fourth-order valence-corrected chi connectivity index (χ4v) is 1.94. The topological polar surface area (TPSA) is 25.2 Å². The van der Waals surface area contributed by atoms with Gasteiger partial charge in [0.1, 0.15) is 0 Å². The lowest BCUT2D eigenvalue weighted by atomic mass is 10.0. The van der Waals surface area contributed by atoms with E-state index in [2.05, 4.69) is 9.98 Å². The summed E-state index contributed by atoms with van der Waals surface area (Å²) in [5.74, 6) is -0.468. The van der Waals surface area contributed by atoms with Crippen LogP contribution in [0.1, 0.15) is 16.7 Å². The average Bonchev–Trinajstić information content (AvgIpc) is 2.72. The summed E-state index contributed by atoms with van der Waals surface area (Å²) in [6.45, 7) is 0.676. The van der Waals surface area contributed by atoms with Gasteiger partial charge in [-0.25, -0.2) is 4.98 Å². The highest BCUT2D eigenvalue weighted by Crippen LogP contribution is 2.22. The van der Waals surface area contributed by atoms with Crippen LogP contribution in [-0.2, 0) is 6.54 Å². The fourth-order valence-electron chi connectivity index (χ4n) is 1.94. The lowest BCUT2D eigenvalue weighted by molar-refractivity contribution is 0.583. The number of halogens is 1. The number of aliphatic imine (C=N–C) groups is 1. The predicted octanol–water partition coefficient (Wildman–Crippen LogP) is 2.57. The summed E-state index contributed by atoms with van der Waals surface area (Å²) in [7, 11) is 0. The Bertz CT molecular complexity index is 576. The summed E-state index contributed by atoms with van der Waals surface area (Å²) in [6.07, 6.45) is 1.47. The number of hydrogen-bond donors (Lipinski definition) is 0. The van der Waals surface area contributed by atoms with Crippen LogP contribution < -0.4 is 0 Å². The van der Waals surface area contributed by atoms with Crippen molar-refractivity contribution in [3.8, 4) is 0 Å². The Labute approximate surface area is 92.5 Å². The second-order valence-corrected chi connectivity index (χ2v) is 3.69. The van der Waals surface area contributed by atoms with Gasteiger partial charge in [-0.05, 0) is 11.6 Å². The molecule has 0 saturated carbocycles. The van der Waals surface area contributed by atoms with Crippen LogP contribution in [0.15, 0.2) is 47.6 Å². The van der Waals surface area contributed by atoms with Crippen LogP contribution in [0.2, 0.25) is 0 Å². The SMILES string of the molecule is Fc1cc(C2=NCc3ccccc32)ccn1. The molecule has 2 aromatic rings. The Morgan fingerprint density at radius 1 is 1.12 bits per heavy atom. The number of nitrogens with zero attached hydrogens (tertiary/aromatic N) is 2. The van der Waals surface area contributed by atoms with Crippen LogP contribution in [0.3, 0.4) is 0 Å². The monoisotopic (exact) mass is 212 g/mol. The Kier molecular flexibility index (Phi) is 2.03. The highest BCUT2D eigenvalue weighted by molar-refractivity contribution is 6.15. The molecular weight excluding hydrogens is 203 g/mol. The molecule has 0 bridgehead atoms. The highest BCUT2D eigenvalue weighted by atomic mass is 19.1. The number of rotatable bonds is 1. The number of fused-ring (bicyclic) bond motifs is 1. The Morgan fingerprint density at radius 2 is 2.00 bits per heavy atom. The second kappa shape index (κ2) is 3.52. The van der Waals surface area contributed by atoms with E-state index >= 15 is 0 Å². The van der Waals surface area contributed by atoms with E-state index in [0.29, 0.717) is 6.54 Å². The molecule has 1 aliphatic heterocycles. The predicted molar refractivity (Wildman–Crippen MR) is 60.0 cm³/mol. The molecule has 78 valence electrons. The Morgan fingerprint density at radius 3 is 2.88 bits per heavy atom. The minimum absolute atomic E-state index is 0.468. The van der Waals surface area contributed by atoms with Crippen LogP contribution in [-0.4, -0.2) is 10.7 Å². The van der Waals surface area contributed by atoms with E-state index in [1.54, 1.807) is 6.07 Å². The first-order valence-electron chi connectivity index (χ1n) is 5.09. The molecule has 0 saturated heterocycles. The van der Waals surface area contributed by atoms with Crippen molar-refractivity contribution in [1.29, 1.82) is 0 Å². The van der Waals surface area contributed by atoms with Crippen LogP contribution in [0, 0.1) is 5.95 Å². The standard InChI is InChI=1S/C13H9FN2/c14-12-7-9(5-6-15-12)13-11-4-2-1-3-10(11)8-16-13/h1-7H,8H2. The van der Waals surface area contributed by atoms with Gasteiger partial charge in [-0.3, -0.25) is 4.99 Å². The first-order chi connectivity index (χ1) is 7.84. The fraction of sp³-hybridized carbons (Fsp3) is 0.0769. The zero-order valence-electron chi connectivity index (χ0n) is 8.52. The quantitative estimate of drug-likeness (QED) is 0.667. The van der Waals surface area contributed by atoms with Crippen molar-refractivity contribution in [3.05, 3.63) is 65.2 Å². The molecule has 1 aromatic carbocycles. The van der Waals surface area contributed by atoms with Crippen molar-refractivity contribution >= 4 is 5.71 Å². The van der Waals surface area contributed by atoms with Gasteiger partial charge in [0, 0.05) is 23.4 Å². The normalized spacial score (nSPS) is 13.4. The molecule has 1 aromatic heterocycles. The molecule has 0 radical (unpaired) electrons. The molecule has 0 amide bonds. The van der Waals surface area contributed by atoms with Crippen molar-refractivity contribution in [1.82, 2.24) is 4.98 Å². The van der Waals surface area contributed by atoms with Gasteiger partial charge < -0.3 is 0 Å². The summed E-state index contributed by atoms with van der Waals surface area (Å²) in [5, 5.41) is 0. The van der Waals surface area contributed by atoms with Gasteiger partial charge in [-0.15, -0.1) is 0 Å². The third kappa shape index (κ3) is 1.41. The van der Waals surface area contributed by atoms with Gasteiger partial charge in [-0.2, -0.15) is 4.39 Å². The van der Waals surface area contributed by atoms with Crippen LogP contribution >= 0.6 is 0 Å². The molecule has 2 heterocycles. The zero-order valence-corrected chi connectivity index (χ0v) is 8.52. The average molecular weight is 212 g/mol. The molecule has 0 N–H and O–H groups in total. The van der Waals surface area contributed by atoms with E-state index in [1.165, 1.54) is 17.8 Å². The van der Waals surface area contributed by atoms with E-state index in [9.17, 15) is 4.39 Å². The molecule has 2 nitrogen and oxygen atoms in total. The van der Waals surface area contributed by atoms with Crippen molar-refractivity contribution < 1.29 is 4.39 Å². The number of aromatic nitrogens is 1. The maximum atomic E-state index is 13.0. The van der Waals surface area contributed by atoms with E-state index in [0.717, 1.165) is 16.8 Å². The van der Waals surface area contributed by atoms with Crippen LogP contribution in [0.25, 0.3) is 0 Å².